The van der Waals surface area contributed by atoms with Gasteiger partial charge in [-0.3, -0.25) is 4.79 Å². The van der Waals surface area contributed by atoms with Crippen LogP contribution in [0.1, 0.15) is 44.3 Å². The number of aromatic carboxylic acids is 1. The lowest BCUT2D eigenvalue weighted by atomic mass is 9.99. The Morgan fingerprint density at radius 2 is 1.79 bits per heavy atom. The number of aromatic nitrogens is 2. The molecule has 1 N–H and O–H groups in total. The molecule has 1 amide bonds. The molecular formula is C22H21N3O3. The van der Waals surface area contributed by atoms with E-state index in [2.05, 4.69) is 17.2 Å². The van der Waals surface area contributed by atoms with Gasteiger partial charge in [0, 0.05) is 24.6 Å². The highest BCUT2D eigenvalue weighted by Gasteiger charge is 2.27. The Morgan fingerprint density at radius 3 is 2.43 bits per heavy atom. The number of carbonyl (C=O) groups is 2. The van der Waals surface area contributed by atoms with E-state index >= 15 is 0 Å². The van der Waals surface area contributed by atoms with Crippen molar-refractivity contribution in [3.05, 3.63) is 83.2 Å². The van der Waals surface area contributed by atoms with Gasteiger partial charge in [-0.1, -0.05) is 30.3 Å². The molecule has 2 aromatic carbocycles. The Bertz CT molecular complexity index is 1010. The Balaban J connectivity index is 1.48. The van der Waals surface area contributed by atoms with E-state index in [0.29, 0.717) is 17.2 Å². The molecule has 0 bridgehead atoms. The lowest BCUT2D eigenvalue weighted by molar-refractivity contribution is 0.0695. The summed E-state index contributed by atoms with van der Waals surface area (Å²) in [6.45, 7) is 3.19. The van der Waals surface area contributed by atoms with Crippen LogP contribution < -0.4 is 0 Å². The molecule has 2 heterocycles. The fourth-order valence-corrected chi connectivity index (χ4v) is 3.75. The van der Waals surface area contributed by atoms with Gasteiger partial charge in [-0.15, -0.1) is 0 Å². The molecule has 3 aromatic rings. The largest absolute Gasteiger partial charge is 0.478 e. The molecule has 6 heteroatoms. The Labute approximate surface area is 163 Å². The zero-order valence-electron chi connectivity index (χ0n) is 15.6. The van der Waals surface area contributed by atoms with Gasteiger partial charge in [0.05, 0.1) is 17.6 Å². The number of carbonyl (C=O) groups excluding carboxylic acids is 1. The molecule has 0 radical (unpaired) electrons. The first-order valence-corrected chi connectivity index (χ1v) is 9.27. The molecule has 4 rings (SSSR count). The zero-order valence-corrected chi connectivity index (χ0v) is 15.6. The molecular weight excluding hydrogens is 354 g/mol. The number of carboxylic acids is 1. The normalized spacial score (nSPS) is 16.3. The van der Waals surface area contributed by atoms with E-state index in [-0.39, 0.29) is 11.5 Å². The molecule has 1 aromatic heterocycles. The number of nitrogens with zero attached hydrogens (tertiary/aromatic N) is 3. The third-order valence-corrected chi connectivity index (χ3v) is 5.35. The van der Waals surface area contributed by atoms with Crippen LogP contribution in [-0.2, 0) is 0 Å². The van der Waals surface area contributed by atoms with Crippen LogP contribution in [0, 0.1) is 6.92 Å². The van der Waals surface area contributed by atoms with Crippen molar-refractivity contribution in [1.82, 2.24) is 14.7 Å². The van der Waals surface area contributed by atoms with Crippen molar-refractivity contribution in [2.45, 2.75) is 19.3 Å². The number of hydrogen-bond donors (Lipinski definition) is 1. The summed E-state index contributed by atoms with van der Waals surface area (Å²) in [5, 5.41) is 13.3. The summed E-state index contributed by atoms with van der Waals surface area (Å²) in [6.07, 6.45) is 2.31. The van der Waals surface area contributed by atoms with Gasteiger partial charge in [-0.05, 0) is 43.2 Å². The number of likely N-dealkylation sites (tertiary alicyclic amines) is 1. The number of benzene rings is 2. The first-order valence-electron chi connectivity index (χ1n) is 9.27. The zero-order chi connectivity index (χ0) is 19.7. The van der Waals surface area contributed by atoms with E-state index in [1.54, 1.807) is 35.9 Å². The summed E-state index contributed by atoms with van der Waals surface area (Å²) in [5.41, 5.74) is 3.35. The maximum Gasteiger partial charge on any atom is 0.339 e. The number of carboxylic acid groups (broad SMARTS) is 1. The molecule has 28 heavy (non-hydrogen) atoms. The monoisotopic (exact) mass is 375 g/mol. The minimum Gasteiger partial charge on any atom is -0.478 e. The number of amides is 1. The minimum atomic E-state index is -1.00. The first kappa shape index (κ1) is 18.0. The van der Waals surface area contributed by atoms with Gasteiger partial charge < -0.3 is 10.0 Å². The molecule has 1 unspecified atom stereocenters. The highest BCUT2D eigenvalue weighted by atomic mass is 16.4. The fourth-order valence-electron chi connectivity index (χ4n) is 3.75. The molecule has 1 atom stereocenters. The van der Waals surface area contributed by atoms with Crippen molar-refractivity contribution in [3.63, 3.8) is 0 Å². The van der Waals surface area contributed by atoms with E-state index in [0.717, 1.165) is 25.2 Å². The highest BCUT2D eigenvalue weighted by molar-refractivity contribution is 5.94. The van der Waals surface area contributed by atoms with Crippen LogP contribution in [-0.4, -0.2) is 44.8 Å². The summed E-state index contributed by atoms with van der Waals surface area (Å²) in [4.78, 5) is 25.9. The second-order valence-electron chi connectivity index (χ2n) is 7.05. The van der Waals surface area contributed by atoms with Crippen molar-refractivity contribution < 1.29 is 14.7 Å². The second kappa shape index (κ2) is 7.31. The molecule has 1 saturated heterocycles. The fraction of sp³-hybridized carbons (Fsp3) is 0.227. The van der Waals surface area contributed by atoms with E-state index < -0.39 is 5.97 Å². The molecule has 6 nitrogen and oxygen atoms in total. The maximum atomic E-state index is 12.9. The topological polar surface area (TPSA) is 75.4 Å². The molecule has 0 aliphatic carbocycles. The van der Waals surface area contributed by atoms with Crippen molar-refractivity contribution in [1.29, 1.82) is 0 Å². The predicted octanol–water partition coefficient (Wildman–Crippen LogP) is 3.51. The maximum absolute atomic E-state index is 12.9. The lowest BCUT2D eigenvalue weighted by Gasteiger charge is -2.17. The van der Waals surface area contributed by atoms with E-state index in [1.165, 1.54) is 11.8 Å². The SMILES string of the molecule is Cc1c(C(=O)O)cnn1-c1ccc(C(=O)N2CCC(c3ccccc3)C2)cc1. The van der Waals surface area contributed by atoms with Crippen LogP contribution in [0.2, 0.25) is 0 Å². The average Bonchev–Trinajstić information content (AvgIpc) is 3.35. The third kappa shape index (κ3) is 3.29. The number of hydrogen-bond acceptors (Lipinski definition) is 3. The average molecular weight is 375 g/mol. The van der Waals surface area contributed by atoms with Gasteiger partial charge in [-0.25, -0.2) is 9.48 Å². The summed E-state index contributed by atoms with van der Waals surface area (Å²) in [5.74, 6) is -0.600. The molecule has 0 spiro atoms. The summed E-state index contributed by atoms with van der Waals surface area (Å²) >= 11 is 0. The number of rotatable bonds is 4. The molecule has 0 saturated carbocycles. The summed E-state index contributed by atoms with van der Waals surface area (Å²) in [7, 11) is 0. The van der Waals surface area contributed by atoms with Crippen LogP contribution in [0.25, 0.3) is 5.69 Å². The van der Waals surface area contributed by atoms with E-state index in [4.69, 9.17) is 5.11 Å². The molecule has 1 fully saturated rings. The molecule has 1 aliphatic rings. The van der Waals surface area contributed by atoms with Crippen LogP contribution in [0.3, 0.4) is 0 Å². The van der Waals surface area contributed by atoms with Crippen LogP contribution in [0.4, 0.5) is 0 Å². The van der Waals surface area contributed by atoms with Gasteiger partial charge in [0.2, 0.25) is 0 Å². The van der Waals surface area contributed by atoms with Crippen LogP contribution in [0.15, 0.2) is 60.8 Å². The van der Waals surface area contributed by atoms with Gasteiger partial charge >= 0.3 is 5.97 Å². The summed E-state index contributed by atoms with van der Waals surface area (Å²) in [6, 6.07) is 17.4. The van der Waals surface area contributed by atoms with Gasteiger partial charge in [-0.2, -0.15) is 5.10 Å². The minimum absolute atomic E-state index is 0.0217. The Hall–Kier alpha value is -3.41. The van der Waals surface area contributed by atoms with Gasteiger partial charge in [0.25, 0.3) is 5.91 Å². The highest BCUT2D eigenvalue weighted by Crippen LogP contribution is 2.28. The van der Waals surface area contributed by atoms with Crippen LogP contribution >= 0.6 is 0 Å². The third-order valence-electron chi connectivity index (χ3n) is 5.35. The van der Waals surface area contributed by atoms with Crippen LogP contribution in [0.5, 0.6) is 0 Å². The Morgan fingerprint density at radius 1 is 1.07 bits per heavy atom. The second-order valence-corrected chi connectivity index (χ2v) is 7.05. The smallest absolute Gasteiger partial charge is 0.339 e. The van der Waals surface area contributed by atoms with E-state index in [9.17, 15) is 9.59 Å². The van der Waals surface area contributed by atoms with Crippen molar-refractivity contribution in [3.8, 4) is 5.69 Å². The summed E-state index contributed by atoms with van der Waals surface area (Å²) < 4.78 is 1.57. The quantitative estimate of drug-likeness (QED) is 0.757. The predicted molar refractivity (Wildman–Crippen MR) is 105 cm³/mol. The van der Waals surface area contributed by atoms with Crippen molar-refractivity contribution in [2.75, 3.05) is 13.1 Å². The van der Waals surface area contributed by atoms with Crippen molar-refractivity contribution in [2.24, 2.45) is 0 Å². The molecule has 142 valence electrons. The lowest BCUT2D eigenvalue weighted by Crippen LogP contribution is -2.28. The van der Waals surface area contributed by atoms with Gasteiger partial charge in [0.15, 0.2) is 0 Å². The Kier molecular flexibility index (Phi) is 4.69. The molecule has 1 aliphatic heterocycles. The standard InChI is InChI=1S/C22H21N3O3/c1-15-20(22(27)28)13-23-25(15)19-9-7-17(8-10-19)21(26)24-12-11-18(14-24)16-5-3-2-4-6-16/h2-10,13,18H,11-12,14H2,1H3,(H,27,28). The first-order chi connectivity index (χ1) is 13.5. The van der Waals surface area contributed by atoms with Gasteiger partial charge in [0.1, 0.15) is 5.56 Å². The van der Waals surface area contributed by atoms with E-state index in [1.807, 2.05) is 23.1 Å². The van der Waals surface area contributed by atoms with Crippen molar-refractivity contribution >= 4 is 11.9 Å².